The summed E-state index contributed by atoms with van der Waals surface area (Å²) in [5, 5.41) is 8.60. The zero-order chi connectivity index (χ0) is 42.1. The van der Waals surface area contributed by atoms with E-state index >= 15 is 0 Å². The highest BCUT2D eigenvalue weighted by atomic mass is 32.1. The zero-order valence-electron chi connectivity index (χ0n) is 34.4. The third-order valence-corrected chi connectivity index (χ3v) is 13.6. The van der Waals surface area contributed by atoms with Crippen LogP contribution in [0.2, 0.25) is 0 Å². The molecular formula is C58H35N5S. The first-order chi connectivity index (χ1) is 31.7. The van der Waals surface area contributed by atoms with Gasteiger partial charge >= 0.3 is 0 Å². The van der Waals surface area contributed by atoms with E-state index < -0.39 is 0 Å². The number of thiophene rings is 1. The molecule has 13 aromatic rings. The van der Waals surface area contributed by atoms with Crippen molar-refractivity contribution >= 4 is 75.0 Å². The molecule has 0 fully saturated rings. The number of nitrogens with zero attached hydrogens (tertiary/aromatic N) is 5. The van der Waals surface area contributed by atoms with Crippen molar-refractivity contribution in [3.63, 3.8) is 0 Å². The molecule has 0 atom stereocenters. The summed E-state index contributed by atoms with van der Waals surface area (Å²) in [7, 11) is 0. The van der Waals surface area contributed by atoms with Crippen LogP contribution in [0.1, 0.15) is 0 Å². The van der Waals surface area contributed by atoms with Crippen molar-refractivity contribution in [2.24, 2.45) is 0 Å². The van der Waals surface area contributed by atoms with Gasteiger partial charge in [0.2, 0.25) is 0 Å². The van der Waals surface area contributed by atoms with Crippen molar-refractivity contribution in [1.82, 2.24) is 24.5 Å². The zero-order valence-corrected chi connectivity index (χ0v) is 35.2. The van der Waals surface area contributed by atoms with Crippen LogP contribution in [0.5, 0.6) is 0 Å². The van der Waals surface area contributed by atoms with Crippen LogP contribution in [0.25, 0.3) is 126 Å². The van der Waals surface area contributed by atoms with E-state index in [1.165, 1.54) is 47.1 Å². The van der Waals surface area contributed by atoms with Crippen LogP contribution in [0.4, 0.5) is 0 Å². The SMILES string of the molecule is c1ccc(-c2nc(-c3ccc(-c4ccc(-c5nc6ccc7ccccc7c6c6sc7ccccc7c56)cc4)cc3)nc(-c3cccc(-n4c5ccccc5c5ccccc54)c3)n2)cc1. The van der Waals surface area contributed by atoms with Crippen molar-refractivity contribution in [2.75, 3.05) is 0 Å². The highest BCUT2D eigenvalue weighted by molar-refractivity contribution is 7.27. The lowest BCUT2D eigenvalue weighted by Gasteiger charge is -2.12. The van der Waals surface area contributed by atoms with Crippen LogP contribution in [0.15, 0.2) is 212 Å². The predicted octanol–water partition coefficient (Wildman–Crippen LogP) is 15.4. The molecule has 0 radical (unpaired) electrons. The molecular weight excluding hydrogens is 799 g/mol. The molecule has 4 aromatic heterocycles. The maximum atomic E-state index is 5.38. The number of aromatic nitrogens is 5. The molecule has 0 saturated carbocycles. The van der Waals surface area contributed by atoms with E-state index in [1.54, 1.807) is 0 Å². The van der Waals surface area contributed by atoms with Crippen molar-refractivity contribution < 1.29 is 0 Å². The van der Waals surface area contributed by atoms with Gasteiger partial charge in [0.1, 0.15) is 0 Å². The first-order valence-electron chi connectivity index (χ1n) is 21.5. The molecule has 298 valence electrons. The number of rotatable bonds is 6. The molecule has 0 aliphatic heterocycles. The normalized spacial score (nSPS) is 11.8. The molecule has 0 amide bonds. The fourth-order valence-corrected chi connectivity index (χ4v) is 10.7. The van der Waals surface area contributed by atoms with Crippen LogP contribution < -0.4 is 0 Å². The Morgan fingerprint density at radius 1 is 0.344 bits per heavy atom. The summed E-state index contributed by atoms with van der Waals surface area (Å²) >= 11 is 1.86. The first-order valence-corrected chi connectivity index (χ1v) is 22.3. The second kappa shape index (κ2) is 14.7. The molecule has 5 nitrogen and oxygen atoms in total. The summed E-state index contributed by atoms with van der Waals surface area (Å²) in [6.07, 6.45) is 0. The highest BCUT2D eigenvalue weighted by Crippen LogP contribution is 2.45. The molecule has 0 saturated heterocycles. The monoisotopic (exact) mass is 833 g/mol. The molecule has 0 aliphatic carbocycles. The lowest BCUT2D eigenvalue weighted by molar-refractivity contribution is 1.07. The Balaban J connectivity index is 0.874. The van der Waals surface area contributed by atoms with E-state index in [1.807, 2.05) is 41.7 Å². The molecule has 0 N–H and O–H groups in total. The van der Waals surface area contributed by atoms with Crippen molar-refractivity contribution in [3.05, 3.63) is 212 Å². The number of hydrogen-bond acceptors (Lipinski definition) is 5. The Hall–Kier alpha value is -8.32. The summed E-state index contributed by atoms with van der Waals surface area (Å²) < 4.78 is 4.88. The second-order valence-corrected chi connectivity index (χ2v) is 17.2. The third kappa shape index (κ3) is 5.92. The molecule has 6 heteroatoms. The van der Waals surface area contributed by atoms with Crippen molar-refractivity contribution in [1.29, 1.82) is 0 Å². The van der Waals surface area contributed by atoms with Gasteiger partial charge in [-0.2, -0.15) is 0 Å². The quantitative estimate of drug-likeness (QED) is 0.157. The molecule has 0 unspecified atom stereocenters. The number of fused-ring (bicyclic) bond motifs is 10. The Bertz CT molecular complexity index is 3890. The minimum absolute atomic E-state index is 0.620. The predicted molar refractivity (Wildman–Crippen MR) is 267 cm³/mol. The van der Waals surface area contributed by atoms with Gasteiger partial charge in [0.05, 0.1) is 22.2 Å². The van der Waals surface area contributed by atoms with Gasteiger partial charge in [0.15, 0.2) is 17.5 Å². The van der Waals surface area contributed by atoms with E-state index in [2.05, 4.69) is 187 Å². The van der Waals surface area contributed by atoms with Crippen LogP contribution in [0.3, 0.4) is 0 Å². The molecule has 13 rings (SSSR count). The summed E-state index contributed by atoms with van der Waals surface area (Å²) in [5.74, 6) is 1.87. The minimum Gasteiger partial charge on any atom is -0.309 e. The molecule has 0 bridgehead atoms. The van der Waals surface area contributed by atoms with Crippen LogP contribution >= 0.6 is 11.3 Å². The summed E-state index contributed by atoms with van der Waals surface area (Å²) in [6.45, 7) is 0. The minimum atomic E-state index is 0.620. The van der Waals surface area contributed by atoms with Crippen LogP contribution in [-0.2, 0) is 0 Å². The van der Waals surface area contributed by atoms with Gasteiger partial charge in [-0.1, -0.05) is 176 Å². The van der Waals surface area contributed by atoms with Crippen LogP contribution in [-0.4, -0.2) is 24.5 Å². The first kappa shape index (κ1) is 36.3. The van der Waals surface area contributed by atoms with Gasteiger partial charge in [-0.3, -0.25) is 0 Å². The van der Waals surface area contributed by atoms with Gasteiger partial charge in [0, 0.05) is 64.3 Å². The van der Waals surface area contributed by atoms with E-state index in [0.717, 1.165) is 61.3 Å². The highest BCUT2D eigenvalue weighted by Gasteiger charge is 2.19. The molecule has 4 heterocycles. The van der Waals surface area contributed by atoms with E-state index in [0.29, 0.717) is 17.5 Å². The number of para-hydroxylation sites is 2. The number of hydrogen-bond donors (Lipinski definition) is 0. The van der Waals surface area contributed by atoms with Gasteiger partial charge in [-0.25, -0.2) is 19.9 Å². The summed E-state index contributed by atoms with van der Waals surface area (Å²) in [6, 6.07) is 74.8. The standard InChI is InChI=1S/C58H35N5S/c1-2-14-40(15-3-1)56-60-57(62-58(61-56)42-16-12-17-43(35-42)63-49-22-9-6-19-45(49)46-20-7-10-23-50(46)63)41-31-27-37(28-32-41)36-25-29-39(30-26-36)54-53-47-21-8-11-24-51(47)64-55(53)52-44-18-5-4-13-38(44)33-34-48(52)59-54/h1-35H. The van der Waals surface area contributed by atoms with E-state index in [-0.39, 0.29) is 0 Å². The molecule has 9 aromatic carbocycles. The topological polar surface area (TPSA) is 56.5 Å². The maximum absolute atomic E-state index is 5.38. The maximum Gasteiger partial charge on any atom is 0.164 e. The smallest absolute Gasteiger partial charge is 0.164 e. The van der Waals surface area contributed by atoms with E-state index in [9.17, 15) is 0 Å². The second-order valence-electron chi connectivity index (χ2n) is 16.2. The fourth-order valence-electron chi connectivity index (χ4n) is 9.40. The lowest BCUT2D eigenvalue weighted by atomic mass is 9.97. The average molecular weight is 834 g/mol. The van der Waals surface area contributed by atoms with Gasteiger partial charge in [-0.05, 0) is 58.3 Å². The molecule has 64 heavy (non-hydrogen) atoms. The summed E-state index contributed by atoms with van der Waals surface area (Å²) in [4.78, 5) is 20.6. The fraction of sp³-hybridized carbons (Fsp3) is 0. The molecule has 0 spiro atoms. The third-order valence-electron chi connectivity index (χ3n) is 12.4. The van der Waals surface area contributed by atoms with Gasteiger partial charge in [-0.15, -0.1) is 11.3 Å². The van der Waals surface area contributed by atoms with Crippen LogP contribution in [0, 0.1) is 0 Å². The molecule has 0 aliphatic rings. The van der Waals surface area contributed by atoms with Crippen molar-refractivity contribution in [2.45, 2.75) is 0 Å². The summed E-state index contributed by atoms with van der Waals surface area (Å²) in [5.41, 5.74) is 11.5. The average Bonchev–Trinajstić information content (AvgIpc) is 3.93. The Labute approximate surface area is 372 Å². The van der Waals surface area contributed by atoms with Crippen molar-refractivity contribution in [3.8, 4) is 62.2 Å². The number of pyridine rings is 1. The Morgan fingerprint density at radius 3 is 1.58 bits per heavy atom. The van der Waals surface area contributed by atoms with Gasteiger partial charge in [0.25, 0.3) is 0 Å². The van der Waals surface area contributed by atoms with Gasteiger partial charge < -0.3 is 4.57 Å². The Morgan fingerprint density at radius 2 is 0.875 bits per heavy atom. The largest absolute Gasteiger partial charge is 0.309 e. The number of benzene rings is 9. The Kier molecular flexibility index (Phi) is 8.32. The lowest BCUT2D eigenvalue weighted by Crippen LogP contribution is -2.01. The van der Waals surface area contributed by atoms with E-state index in [4.69, 9.17) is 19.9 Å².